The molecule has 0 spiro atoms. The van der Waals surface area contributed by atoms with E-state index in [-0.39, 0.29) is 28.8 Å². The zero-order valence-electron chi connectivity index (χ0n) is 11.1. The van der Waals surface area contributed by atoms with Crippen molar-refractivity contribution in [3.05, 3.63) is 36.4 Å². The lowest BCUT2D eigenvalue weighted by atomic mass is 9.90. The minimum absolute atomic E-state index is 0.191. The Labute approximate surface area is 111 Å². The van der Waals surface area contributed by atoms with Crippen molar-refractivity contribution in [3.8, 4) is 0 Å². The SMILES string of the molecule is C=C(NC(=O)c1ccco1)[C@H]1C(=O)C[C@@H]2[C@H]1C2(C)C. The van der Waals surface area contributed by atoms with Gasteiger partial charge >= 0.3 is 0 Å². The highest BCUT2D eigenvalue weighted by molar-refractivity contribution is 5.95. The largest absolute Gasteiger partial charge is 0.459 e. The van der Waals surface area contributed by atoms with E-state index in [9.17, 15) is 9.59 Å². The molecule has 3 atom stereocenters. The topological polar surface area (TPSA) is 59.3 Å². The summed E-state index contributed by atoms with van der Waals surface area (Å²) in [5.41, 5.74) is 0.696. The first-order valence-corrected chi connectivity index (χ1v) is 6.49. The Bertz CT molecular complexity index is 556. The number of hydrogen-bond donors (Lipinski definition) is 1. The van der Waals surface area contributed by atoms with Gasteiger partial charge in [0.2, 0.25) is 0 Å². The van der Waals surface area contributed by atoms with E-state index in [0.717, 1.165) is 0 Å². The lowest BCUT2D eigenvalue weighted by Gasteiger charge is -2.19. The smallest absolute Gasteiger partial charge is 0.291 e. The van der Waals surface area contributed by atoms with Crippen molar-refractivity contribution >= 4 is 11.7 Å². The summed E-state index contributed by atoms with van der Waals surface area (Å²) < 4.78 is 5.03. The average Bonchev–Trinajstić information content (AvgIpc) is 2.82. The predicted molar refractivity (Wildman–Crippen MR) is 69.2 cm³/mol. The van der Waals surface area contributed by atoms with Crippen molar-refractivity contribution in [2.24, 2.45) is 23.2 Å². The summed E-state index contributed by atoms with van der Waals surface area (Å²) in [5.74, 6) is 0.618. The maximum Gasteiger partial charge on any atom is 0.291 e. The number of carbonyl (C=O) groups excluding carboxylic acids is 2. The highest BCUT2D eigenvalue weighted by Gasteiger charge is 2.67. The van der Waals surface area contributed by atoms with Crippen LogP contribution in [0.3, 0.4) is 0 Å². The molecule has 0 bridgehead atoms. The van der Waals surface area contributed by atoms with E-state index >= 15 is 0 Å². The molecule has 1 aromatic rings. The van der Waals surface area contributed by atoms with Gasteiger partial charge in [0, 0.05) is 12.1 Å². The molecule has 1 heterocycles. The summed E-state index contributed by atoms with van der Waals surface area (Å²) >= 11 is 0. The summed E-state index contributed by atoms with van der Waals surface area (Å²) in [4.78, 5) is 23.9. The molecule has 2 saturated carbocycles. The number of hydrogen-bond acceptors (Lipinski definition) is 3. The van der Waals surface area contributed by atoms with Gasteiger partial charge in [-0.1, -0.05) is 20.4 Å². The van der Waals surface area contributed by atoms with E-state index in [2.05, 4.69) is 25.7 Å². The minimum atomic E-state index is -0.343. The van der Waals surface area contributed by atoms with Gasteiger partial charge in [-0.05, 0) is 29.4 Å². The highest BCUT2D eigenvalue weighted by Crippen LogP contribution is 2.68. The second-order valence-corrected chi connectivity index (χ2v) is 6.06. The zero-order valence-corrected chi connectivity index (χ0v) is 11.1. The van der Waals surface area contributed by atoms with E-state index in [0.29, 0.717) is 24.0 Å². The number of amides is 1. The van der Waals surface area contributed by atoms with E-state index in [1.807, 2.05) is 0 Å². The van der Waals surface area contributed by atoms with Gasteiger partial charge in [-0.25, -0.2) is 0 Å². The third kappa shape index (κ3) is 1.74. The quantitative estimate of drug-likeness (QED) is 0.906. The van der Waals surface area contributed by atoms with E-state index in [4.69, 9.17) is 4.42 Å². The van der Waals surface area contributed by atoms with E-state index in [1.165, 1.54) is 6.26 Å². The molecular formula is C15H17NO3. The van der Waals surface area contributed by atoms with Gasteiger partial charge in [-0.3, -0.25) is 9.59 Å². The van der Waals surface area contributed by atoms with Crippen LogP contribution in [-0.4, -0.2) is 11.7 Å². The molecular weight excluding hydrogens is 242 g/mol. The van der Waals surface area contributed by atoms with Gasteiger partial charge in [0.15, 0.2) is 5.76 Å². The molecule has 1 aromatic heterocycles. The number of furan rings is 1. The lowest BCUT2D eigenvalue weighted by Crippen LogP contribution is -2.31. The summed E-state index contributed by atoms with van der Waals surface area (Å²) in [7, 11) is 0. The fourth-order valence-corrected chi connectivity index (χ4v) is 3.49. The second-order valence-electron chi connectivity index (χ2n) is 6.06. The van der Waals surface area contributed by atoms with Crippen molar-refractivity contribution in [1.29, 1.82) is 0 Å². The molecule has 4 heteroatoms. The van der Waals surface area contributed by atoms with Crippen LogP contribution in [-0.2, 0) is 4.79 Å². The third-order valence-electron chi connectivity index (χ3n) is 4.66. The maximum absolute atomic E-state index is 12.0. The van der Waals surface area contributed by atoms with Gasteiger partial charge in [-0.15, -0.1) is 0 Å². The van der Waals surface area contributed by atoms with Gasteiger partial charge in [0.25, 0.3) is 5.91 Å². The Morgan fingerprint density at radius 3 is 2.84 bits per heavy atom. The van der Waals surface area contributed by atoms with Crippen LogP contribution in [0.4, 0.5) is 0 Å². The Morgan fingerprint density at radius 1 is 1.53 bits per heavy atom. The highest BCUT2D eigenvalue weighted by atomic mass is 16.3. The van der Waals surface area contributed by atoms with Crippen LogP contribution in [0.2, 0.25) is 0 Å². The minimum Gasteiger partial charge on any atom is -0.459 e. The number of Topliss-reactive ketones (excluding diaryl/α,β-unsaturated/α-hetero) is 1. The van der Waals surface area contributed by atoms with Crippen LogP contribution < -0.4 is 5.32 Å². The van der Waals surface area contributed by atoms with Crippen LogP contribution in [0.25, 0.3) is 0 Å². The summed E-state index contributed by atoms with van der Waals surface area (Å²) in [5, 5.41) is 2.70. The Kier molecular flexibility index (Phi) is 2.46. The average molecular weight is 259 g/mol. The summed E-state index contributed by atoms with van der Waals surface area (Å²) in [6.07, 6.45) is 2.05. The molecule has 2 aliphatic rings. The monoisotopic (exact) mass is 259 g/mol. The van der Waals surface area contributed by atoms with Crippen LogP contribution in [0, 0.1) is 23.2 Å². The molecule has 1 amide bonds. The van der Waals surface area contributed by atoms with Crippen molar-refractivity contribution in [2.45, 2.75) is 20.3 Å². The molecule has 0 radical (unpaired) electrons. The molecule has 0 unspecified atom stereocenters. The molecule has 2 fully saturated rings. The molecule has 3 rings (SSSR count). The molecule has 1 N–H and O–H groups in total. The van der Waals surface area contributed by atoms with E-state index < -0.39 is 0 Å². The van der Waals surface area contributed by atoms with Gasteiger partial charge in [0.05, 0.1) is 12.2 Å². The molecule has 0 saturated heterocycles. The van der Waals surface area contributed by atoms with Gasteiger partial charge < -0.3 is 9.73 Å². The number of rotatable bonds is 3. The fraction of sp³-hybridized carbons (Fsp3) is 0.467. The van der Waals surface area contributed by atoms with Crippen molar-refractivity contribution < 1.29 is 14.0 Å². The summed E-state index contributed by atoms with van der Waals surface area (Å²) in [6, 6.07) is 3.24. The predicted octanol–water partition coefficient (Wildman–Crippen LogP) is 2.38. The number of carbonyl (C=O) groups is 2. The third-order valence-corrected chi connectivity index (χ3v) is 4.66. The van der Waals surface area contributed by atoms with Gasteiger partial charge in [0.1, 0.15) is 5.78 Å². The molecule has 0 aromatic carbocycles. The molecule has 100 valence electrons. The standard InChI is InChI=1S/C15H17NO3/c1-8(16-14(18)11-5-4-6-19-11)12-10(17)7-9-13(12)15(9,2)3/h4-6,9,12-13H,1,7H2,2-3H3,(H,16,18)/t9-,12+,13-/m1/s1. The Morgan fingerprint density at radius 2 is 2.26 bits per heavy atom. The number of nitrogens with one attached hydrogen (secondary N) is 1. The second kappa shape index (κ2) is 3.83. The van der Waals surface area contributed by atoms with Crippen LogP contribution in [0.5, 0.6) is 0 Å². The zero-order chi connectivity index (χ0) is 13.8. The lowest BCUT2D eigenvalue weighted by molar-refractivity contribution is -0.121. The van der Waals surface area contributed by atoms with Crippen molar-refractivity contribution in [1.82, 2.24) is 5.32 Å². The molecule has 4 nitrogen and oxygen atoms in total. The molecule has 19 heavy (non-hydrogen) atoms. The van der Waals surface area contributed by atoms with Crippen LogP contribution >= 0.6 is 0 Å². The number of fused-ring (bicyclic) bond motifs is 1. The summed E-state index contributed by atoms with van der Waals surface area (Å²) in [6.45, 7) is 8.23. The normalized spacial score (nSPS) is 30.8. The fourth-order valence-electron chi connectivity index (χ4n) is 3.49. The molecule has 0 aliphatic heterocycles. The van der Waals surface area contributed by atoms with Crippen LogP contribution in [0.1, 0.15) is 30.8 Å². The Balaban J connectivity index is 1.71. The van der Waals surface area contributed by atoms with Crippen molar-refractivity contribution in [3.63, 3.8) is 0 Å². The first kappa shape index (κ1) is 12.2. The van der Waals surface area contributed by atoms with Crippen molar-refractivity contribution in [2.75, 3.05) is 0 Å². The maximum atomic E-state index is 12.0. The first-order chi connectivity index (χ1) is 8.93. The van der Waals surface area contributed by atoms with E-state index in [1.54, 1.807) is 12.1 Å². The number of allylic oxidation sites excluding steroid dienone is 1. The van der Waals surface area contributed by atoms with Crippen LogP contribution in [0.15, 0.2) is 35.1 Å². The Hall–Kier alpha value is -1.84. The number of ketones is 1. The molecule has 2 aliphatic carbocycles. The first-order valence-electron chi connectivity index (χ1n) is 6.49. The van der Waals surface area contributed by atoms with Gasteiger partial charge in [-0.2, -0.15) is 0 Å².